The maximum Gasteiger partial charge on any atom is 0.129 e. The van der Waals surface area contributed by atoms with E-state index >= 15 is 0 Å². The summed E-state index contributed by atoms with van der Waals surface area (Å²) in [5.74, 6) is 0. The first-order valence-corrected chi connectivity index (χ1v) is 5.81. The van der Waals surface area contributed by atoms with Gasteiger partial charge in [-0.25, -0.2) is 4.98 Å². The summed E-state index contributed by atoms with van der Waals surface area (Å²) in [5, 5.41) is 0.588. The van der Waals surface area contributed by atoms with Crippen LogP contribution in [0.25, 0.3) is 0 Å². The average molecular weight is 225 g/mol. The molecule has 0 aromatic carbocycles. The Bertz CT molecular complexity index is 349. The van der Waals surface area contributed by atoms with Crippen LogP contribution in [0.4, 0.5) is 0 Å². The van der Waals surface area contributed by atoms with E-state index in [1.807, 2.05) is 12.1 Å². The Morgan fingerprint density at radius 2 is 2.33 bits per heavy atom. The van der Waals surface area contributed by atoms with Gasteiger partial charge in [-0.2, -0.15) is 0 Å². The smallest absolute Gasteiger partial charge is 0.129 e. The third-order valence-electron chi connectivity index (χ3n) is 3.24. The Hall–Kier alpha value is -0.600. The van der Waals surface area contributed by atoms with Gasteiger partial charge >= 0.3 is 0 Å². The monoisotopic (exact) mass is 224 g/mol. The Labute approximate surface area is 96.3 Å². The van der Waals surface area contributed by atoms with E-state index in [4.69, 9.17) is 11.6 Å². The van der Waals surface area contributed by atoms with Gasteiger partial charge in [0.25, 0.3) is 0 Å². The van der Waals surface area contributed by atoms with Gasteiger partial charge in [0.2, 0.25) is 0 Å². The zero-order valence-electron chi connectivity index (χ0n) is 9.33. The predicted octanol–water partition coefficient (Wildman–Crippen LogP) is 3.11. The molecule has 3 heteroatoms. The predicted molar refractivity (Wildman–Crippen MR) is 63.0 cm³/mol. The number of pyridine rings is 1. The molecule has 1 aromatic heterocycles. The van der Waals surface area contributed by atoms with Crippen molar-refractivity contribution in [2.75, 3.05) is 6.54 Å². The number of nitrogens with zero attached hydrogens (tertiary/aromatic N) is 2. The highest BCUT2D eigenvalue weighted by Crippen LogP contribution is 2.29. The molecule has 2 nitrogen and oxygen atoms in total. The largest absolute Gasteiger partial charge is 0.294 e. The molecule has 1 aliphatic rings. The van der Waals surface area contributed by atoms with Gasteiger partial charge in [0.15, 0.2) is 0 Å². The number of hydrogen-bond acceptors (Lipinski definition) is 2. The zero-order valence-corrected chi connectivity index (χ0v) is 10.1. The minimum absolute atomic E-state index is 0.329. The van der Waals surface area contributed by atoms with Crippen LogP contribution in [0, 0.1) is 0 Å². The maximum absolute atomic E-state index is 5.87. The lowest BCUT2D eigenvalue weighted by Gasteiger charge is -2.31. The van der Waals surface area contributed by atoms with Crippen molar-refractivity contribution in [3.63, 3.8) is 0 Å². The van der Waals surface area contributed by atoms with Gasteiger partial charge in [0.05, 0.1) is 0 Å². The van der Waals surface area contributed by atoms with Gasteiger partial charge in [-0.3, -0.25) is 4.90 Å². The van der Waals surface area contributed by atoms with E-state index in [1.54, 1.807) is 6.20 Å². The van der Waals surface area contributed by atoms with Crippen molar-refractivity contribution >= 4 is 11.6 Å². The third-order valence-corrected chi connectivity index (χ3v) is 3.44. The molecule has 0 N–H and O–H groups in total. The summed E-state index contributed by atoms with van der Waals surface area (Å²) < 4.78 is 0. The van der Waals surface area contributed by atoms with Crippen molar-refractivity contribution in [2.45, 2.75) is 38.8 Å². The van der Waals surface area contributed by atoms with Crippen LogP contribution in [0.3, 0.4) is 0 Å². The van der Waals surface area contributed by atoms with E-state index in [0.29, 0.717) is 10.7 Å². The molecule has 0 radical (unpaired) electrons. The number of hydrogen-bond donors (Lipinski definition) is 0. The third kappa shape index (κ3) is 2.50. The minimum Gasteiger partial charge on any atom is -0.294 e. The van der Waals surface area contributed by atoms with Crippen LogP contribution in [-0.2, 0) is 6.54 Å². The highest BCUT2D eigenvalue weighted by atomic mass is 35.5. The molecule has 0 aliphatic carbocycles. The molecule has 15 heavy (non-hydrogen) atoms. The van der Waals surface area contributed by atoms with Crippen molar-refractivity contribution in [3.05, 3.63) is 29.0 Å². The average Bonchev–Trinajstić information content (AvgIpc) is 2.46. The number of halogens is 1. The number of rotatable bonds is 2. The summed E-state index contributed by atoms with van der Waals surface area (Å²) in [5.41, 5.74) is 1.58. The molecule has 0 atom stereocenters. The van der Waals surface area contributed by atoms with E-state index < -0.39 is 0 Å². The molecular weight excluding hydrogens is 208 g/mol. The molecule has 1 fully saturated rings. The molecule has 0 spiro atoms. The molecule has 0 bridgehead atoms. The topological polar surface area (TPSA) is 16.1 Å². The van der Waals surface area contributed by atoms with Crippen molar-refractivity contribution in [3.8, 4) is 0 Å². The maximum atomic E-state index is 5.87. The highest BCUT2D eigenvalue weighted by molar-refractivity contribution is 6.29. The fraction of sp³-hybridized carbons (Fsp3) is 0.583. The fourth-order valence-corrected chi connectivity index (χ4v) is 2.41. The Morgan fingerprint density at radius 3 is 2.93 bits per heavy atom. The fourth-order valence-electron chi connectivity index (χ4n) is 2.22. The normalized spacial score (nSPS) is 20.7. The van der Waals surface area contributed by atoms with Crippen molar-refractivity contribution < 1.29 is 0 Å². The van der Waals surface area contributed by atoms with Crippen LogP contribution in [-0.4, -0.2) is 22.0 Å². The second-order valence-corrected chi connectivity index (χ2v) is 5.21. The summed E-state index contributed by atoms with van der Waals surface area (Å²) >= 11 is 5.87. The molecule has 82 valence electrons. The van der Waals surface area contributed by atoms with Crippen molar-refractivity contribution in [1.29, 1.82) is 0 Å². The van der Waals surface area contributed by atoms with Gasteiger partial charge in [0, 0.05) is 18.3 Å². The van der Waals surface area contributed by atoms with E-state index in [-0.39, 0.29) is 0 Å². The zero-order chi connectivity index (χ0) is 10.9. The molecule has 1 saturated heterocycles. The van der Waals surface area contributed by atoms with Gasteiger partial charge in [-0.1, -0.05) is 11.6 Å². The van der Waals surface area contributed by atoms with E-state index in [1.165, 1.54) is 24.9 Å². The Kier molecular flexibility index (Phi) is 2.98. The molecule has 0 amide bonds. The summed E-state index contributed by atoms with van der Waals surface area (Å²) in [6.07, 6.45) is 4.36. The number of aromatic nitrogens is 1. The standard InChI is InChI=1S/C12H17ClN2/c1-12(2)5-3-7-15(12)9-10-4-6-14-11(13)8-10/h4,6,8H,3,5,7,9H2,1-2H3. The first-order valence-electron chi connectivity index (χ1n) is 5.43. The van der Waals surface area contributed by atoms with E-state index in [9.17, 15) is 0 Å². The van der Waals surface area contributed by atoms with Gasteiger partial charge in [-0.15, -0.1) is 0 Å². The van der Waals surface area contributed by atoms with Gasteiger partial charge < -0.3 is 0 Å². The lowest BCUT2D eigenvalue weighted by atomic mass is 10.0. The van der Waals surface area contributed by atoms with E-state index in [0.717, 1.165) is 6.54 Å². The lowest BCUT2D eigenvalue weighted by Crippen LogP contribution is -2.37. The van der Waals surface area contributed by atoms with Crippen LogP contribution in [0.2, 0.25) is 5.15 Å². The summed E-state index contributed by atoms with van der Waals surface area (Å²) in [6.45, 7) is 6.79. The second kappa shape index (κ2) is 4.11. The molecule has 0 saturated carbocycles. The molecule has 1 aromatic rings. The molecular formula is C12H17ClN2. The van der Waals surface area contributed by atoms with Crippen LogP contribution < -0.4 is 0 Å². The molecule has 2 heterocycles. The van der Waals surface area contributed by atoms with Crippen LogP contribution >= 0.6 is 11.6 Å². The SMILES string of the molecule is CC1(C)CCCN1Cc1ccnc(Cl)c1. The minimum atomic E-state index is 0.329. The first kappa shape index (κ1) is 10.9. The van der Waals surface area contributed by atoms with Crippen LogP contribution in [0.15, 0.2) is 18.3 Å². The summed E-state index contributed by atoms with van der Waals surface area (Å²) in [6, 6.07) is 4.00. The number of likely N-dealkylation sites (tertiary alicyclic amines) is 1. The van der Waals surface area contributed by atoms with Crippen LogP contribution in [0.1, 0.15) is 32.3 Å². The first-order chi connectivity index (χ1) is 7.08. The molecule has 1 aliphatic heterocycles. The van der Waals surface area contributed by atoms with Crippen molar-refractivity contribution in [1.82, 2.24) is 9.88 Å². The molecule has 2 rings (SSSR count). The van der Waals surface area contributed by atoms with Gasteiger partial charge in [0.1, 0.15) is 5.15 Å². The highest BCUT2D eigenvalue weighted by Gasteiger charge is 2.31. The van der Waals surface area contributed by atoms with Crippen molar-refractivity contribution in [2.24, 2.45) is 0 Å². The quantitative estimate of drug-likeness (QED) is 0.718. The Morgan fingerprint density at radius 1 is 1.53 bits per heavy atom. The second-order valence-electron chi connectivity index (χ2n) is 4.82. The van der Waals surface area contributed by atoms with Crippen LogP contribution in [0.5, 0.6) is 0 Å². The molecule has 0 unspecified atom stereocenters. The van der Waals surface area contributed by atoms with E-state index in [2.05, 4.69) is 23.7 Å². The summed E-state index contributed by atoms with van der Waals surface area (Å²) in [4.78, 5) is 6.51. The summed E-state index contributed by atoms with van der Waals surface area (Å²) in [7, 11) is 0. The lowest BCUT2D eigenvalue weighted by molar-refractivity contribution is 0.166. The Balaban J connectivity index is 2.09. The van der Waals surface area contributed by atoms with Gasteiger partial charge in [-0.05, 0) is 50.9 Å².